The van der Waals surface area contributed by atoms with Crippen LogP contribution in [0, 0.1) is 0 Å². The Balaban J connectivity index is 1.65. The van der Waals surface area contributed by atoms with Gasteiger partial charge in [0.2, 0.25) is 0 Å². The van der Waals surface area contributed by atoms with Crippen LogP contribution in [0.5, 0.6) is 5.75 Å². The largest absolute Gasteiger partial charge is 0.508 e. The molecule has 0 bridgehead atoms. The van der Waals surface area contributed by atoms with Gasteiger partial charge < -0.3 is 10.0 Å². The van der Waals surface area contributed by atoms with Crippen LogP contribution in [0.3, 0.4) is 0 Å². The third-order valence-corrected chi connectivity index (χ3v) is 7.51. The van der Waals surface area contributed by atoms with E-state index in [1.807, 2.05) is 18.2 Å². The van der Waals surface area contributed by atoms with E-state index in [4.69, 9.17) is 0 Å². The summed E-state index contributed by atoms with van der Waals surface area (Å²) in [6.45, 7) is 1.07. The van der Waals surface area contributed by atoms with Gasteiger partial charge in [-0.1, -0.05) is 43.5 Å². The zero-order valence-electron chi connectivity index (χ0n) is 18.0. The number of carbonyl (C=O) groups is 1. The highest BCUT2D eigenvalue weighted by Gasteiger charge is 2.27. The zero-order chi connectivity index (χ0) is 21.1. The first-order valence-corrected chi connectivity index (χ1v) is 11.9. The number of aromatic hydroxyl groups is 1. The van der Waals surface area contributed by atoms with Crippen LogP contribution in [0.2, 0.25) is 0 Å². The highest BCUT2D eigenvalue weighted by atomic mass is 32.1. The average Bonchev–Trinajstić information content (AvgIpc) is 3.12. The second-order valence-electron chi connectivity index (χ2n) is 8.79. The molecule has 1 aromatic heterocycles. The van der Waals surface area contributed by atoms with Gasteiger partial charge in [0.15, 0.2) is 5.78 Å². The Bertz CT molecular complexity index is 1010. The smallest absolute Gasteiger partial charge is 0.194 e. The first kappa shape index (κ1) is 21.1. The molecule has 1 saturated carbocycles. The normalized spacial score (nSPS) is 15.2. The summed E-state index contributed by atoms with van der Waals surface area (Å²) >= 11 is 1.70. The number of rotatable bonds is 7. The molecule has 1 N–H and O–H groups in total. The molecule has 0 atom stereocenters. The number of hydrogen-bond donors (Lipinski definition) is 1. The van der Waals surface area contributed by atoms with Gasteiger partial charge in [-0.25, -0.2) is 0 Å². The van der Waals surface area contributed by atoms with Crippen LogP contribution in [0.4, 0.5) is 0 Å². The Kier molecular flexibility index (Phi) is 6.55. The SMILES string of the molecule is CN(C)CCCc1ccc(C(=O)c2c(C3CCCCC3)sc3cc(O)ccc23)cc1. The summed E-state index contributed by atoms with van der Waals surface area (Å²) in [5, 5.41) is 10.9. The van der Waals surface area contributed by atoms with Crippen molar-refractivity contribution in [3.8, 4) is 5.75 Å². The van der Waals surface area contributed by atoms with Gasteiger partial charge in [-0.3, -0.25) is 4.79 Å². The summed E-state index contributed by atoms with van der Waals surface area (Å²) in [4.78, 5) is 17.0. The Morgan fingerprint density at radius 2 is 1.80 bits per heavy atom. The van der Waals surface area contributed by atoms with Gasteiger partial charge >= 0.3 is 0 Å². The molecule has 0 aliphatic heterocycles. The molecule has 0 spiro atoms. The molecule has 1 fully saturated rings. The lowest BCUT2D eigenvalue weighted by Gasteiger charge is -2.21. The van der Waals surface area contributed by atoms with Crippen molar-refractivity contribution in [1.82, 2.24) is 4.90 Å². The molecule has 0 amide bonds. The highest BCUT2D eigenvalue weighted by Crippen LogP contribution is 2.43. The van der Waals surface area contributed by atoms with E-state index in [0.29, 0.717) is 5.92 Å². The van der Waals surface area contributed by atoms with E-state index in [-0.39, 0.29) is 11.5 Å². The molecule has 158 valence electrons. The van der Waals surface area contributed by atoms with Gasteiger partial charge in [0.1, 0.15) is 5.75 Å². The molecule has 2 aromatic carbocycles. The van der Waals surface area contributed by atoms with E-state index in [2.05, 4.69) is 31.1 Å². The molecule has 1 aliphatic rings. The minimum absolute atomic E-state index is 0.118. The number of phenolic OH excluding ortho intramolecular Hbond substituents is 1. The molecule has 4 heteroatoms. The molecule has 1 heterocycles. The minimum atomic E-state index is 0.118. The first-order chi connectivity index (χ1) is 14.5. The molecule has 4 rings (SSSR count). The standard InChI is InChI=1S/C26H31NO2S/c1-27(2)16-6-7-18-10-12-19(13-11-18)25(29)24-22-15-14-21(28)17-23(22)30-26(24)20-8-4-3-5-9-20/h10-15,17,20,28H,3-9,16H2,1-2H3. The zero-order valence-corrected chi connectivity index (χ0v) is 18.8. The lowest BCUT2D eigenvalue weighted by atomic mass is 9.85. The van der Waals surface area contributed by atoms with Crippen molar-refractivity contribution in [2.75, 3.05) is 20.6 Å². The number of phenols is 1. The fourth-order valence-electron chi connectivity index (χ4n) is 4.56. The number of benzene rings is 2. The Morgan fingerprint density at radius 3 is 2.50 bits per heavy atom. The van der Waals surface area contributed by atoms with Crippen molar-refractivity contribution in [3.05, 3.63) is 64.0 Å². The maximum absolute atomic E-state index is 13.6. The van der Waals surface area contributed by atoms with Crippen molar-refractivity contribution in [3.63, 3.8) is 0 Å². The van der Waals surface area contributed by atoms with Crippen LogP contribution in [-0.2, 0) is 6.42 Å². The van der Waals surface area contributed by atoms with Crippen LogP contribution in [0.1, 0.15) is 70.8 Å². The van der Waals surface area contributed by atoms with E-state index >= 15 is 0 Å². The first-order valence-electron chi connectivity index (χ1n) is 11.1. The summed E-state index contributed by atoms with van der Waals surface area (Å²) in [5.74, 6) is 0.843. The number of carbonyl (C=O) groups excluding carboxylic acids is 1. The van der Waals surface area contributed by atoms with Crippen molar-refractivity contribution in [1.29, 1.82) is 0 Å². The van der Waals surface area contributed by atoms with Crippen LogP contribution in [-0.4, -0.2) is 36.4 Å². The van der Waals surface area contributed by atoms with Crippen molar-refractivity contribution in [2.45, 2.75) is 50.9 Å². The summed E-state index contributed by atoms with van der Waals surface area (Å²) in [6, 6.07) is 13.6. The van der Waals surface area contributed by atoms with Gasteiger partial charge in [0.05, 0.1) is 0 Å². The van der Waals surface area contributed by atoms with Crippen LogP contribution >= 0.6 is 11.3 Å². The monoisotopic (exact) mass is 421 g/mol. The second kappa shape index (κ2) is 9.32. The lowest BCUT2D eigenvalue weighted by Crippen LogP contribution is -2.13. The number of aryl methyl sites for hydroxylation is 1. The maximum atomic E-state index is 13.6. The highest BCUT2D eigenvalue weighted by molar-refractivity contribution is 7.19. The van der Waals surface area contributed by atoms with Crippen molar-refractivity contribution < 1.29 is 9.90 Å². The Labute approximate surface area is 183 Å². The van der Waals surface area contributed by atoms with E-state index in [1.54, 1.807) is 23.5 Å². The average molecular weight is 422 g/mol. The maximum Gasteiger partial charge on any atom is 0.194 e. The quantitative estimate of drug-likeness (QED) is 0.450. The minimum Gasteiger partial charge on any atom is -0.508 e. The second-order valence-corrected chi connectivity index (χ2v) is 9.87. The predicted molar refractivity (Wildman–Crippen MR) is 126 cm³/mol. The fraction of sp³-hybridized carbons (Fsp3) is 0.423. The van der Waals surface area contributed by atoms with Crippen molar-refractivity contribution >= 4 is 27.2 Å². The number of thiophene rings is 1. The molecular formula is C26H31NO2S. The molecule has 3 nitrogen and oxygen atoms in total. The molecule has 0 radical (unpaired) electrons. The molecule has 1 aliphatic carbocycles. The van der Waals surface area contributed by atoms with Crippen LogP contribution in [0.15, 0.2) is 42.5 Å². The van der Waals surface area contributed by atoms with Crippen LogP contribution in [0.25, 0.3) is 10.1 Å². The van der Waals surface area contributed by atoms with E-state index in [0.717, 1.165) is 53.4 Å². The number of fused-ring (bicyclic) bond motifs is 1. The summed E-state index contributed by atoms with van der Waals surface area (Å²) in [6.07, 6.45) is 8.22. The topological polar surface area (TPSA) is 40.5 Å². The number of nitrogens with zero attached hydrogens (tertiary/aromatic N) is 1. The molecular weight excluding hydrogens is 390 g/mol. The third kappa shape index (κ3) is 4.60. The number of hydrogen-bond acceptors (Lipinski definition) is 4. The third-order valence-electron chi connectivity index (χ3n) is 6.19. The fourth-order valence-corrected chi connectivity index (χ4v) is 5.96. The van der Waals surface area contributed by atoms with E-state index in [9.17, 15) is 9.90 Å². The summed E-state index contributed by atoms with van der Waals surface area (Å²) < 4.78 is 1.01. The van der Waals surface area contributed by atoms with Gasteiger partial charge in [-0.15, -0.1) is 11.3 Å². The van der Waals surface area contributed by atoms with E-state index < -0.39 is 0 Å². The Morgan fingerprint density at radius 1 is 1.07 bits per heavy atom. The Hall–Kier alpha value is -2.17. The molecule has 3 aromatic rings. The van der Waals surface area contributed by atoms with Crippen LogP contribution < -0.4 is 0 Å². The van der Waals surface area contributed by atoms with Gasteiger partial charge in [0, 0.05) is 26.1 Å². The van der Waals surface area contributed by atoms with Gasteiger partial charge in [-0.05, 0) is 76.0 Å². The summed E-state index contributed by atoms with van der Waals surface area (Å²) in [7, 11) is 4.19. The van der Waals surface area contributed by atoms with Crippen molar-refractivity contribution in [2.24, 2.45) is 0 Å². The van der Waals surface area contributed by atoms with E-state index in [1.165, 1.54) is 29.7 Å². The van der Waals surface area contributed by atoms with Gasteiger partial charge in [-0.2, -0.15) is 0 Å². The lowest BCUT2D eigenvalue weighted by molar-refractivity contribution is 0.103. The molecule has 30 heavy (non-hydrogen) atoms. The summed E-state index contributed by atoms with van der Waals surface area (Å²) in [5.41, 5.74) is 2.90. The van der Waals surface area contributed by atoms with Gasteiger partial charge in [0.25, 0.3) is 0 Å². The molecule has 0 saturated heterocycles. The number of ketones is 1. The molecule has 0 unspecified atom stereocenters. The predicted octanol–water partition coefficient (Wildman–Crippen LogP) is 6.38.